The summed E-state index contributed by atoms with van der Waals surface area (Å²) in [5.74, 6) is 2.57. The molecule has 1 N–H and O–H groups in total. The standard InChI is InChI=1S/C31H67N7/c1-10-20-35(21-11-2)30(36(22-12-3)23-13-4)32-18-28-34(9)29-19-33-31(37(24-14-5)25-15-6)38(26-16-7)27-17-8/h10-29H2,1-9H3/p+1. The van der Waals surface area contributed by atoms with E-state index in [1.54, 1.807) is 0 Å². The Morgan fingerprint density at radius 2 is 0.974 bits per heavy atom. The number of aliphatic imine (C=N–C) groups is 1. The lowest BCUT2D eigenvalue weighted by Crippen LogP contribution is -2.50. The van der Waals surface area contributed by atoms with Gasteiger partial charge in [-0.15, -0.1) is 0 Å². The Kier molecular flexibility index (Phi) is 23.6. The van der Waals surface area contributed by atoms with Crippen LogP contribution < -0.4 is 5.32 Å². The van der Waals surface area contributed by atoms with Gasteiger partial charge in [-0.25, -0.2) is 0 Å². The summed E-state index contributed by atoms with van der Waals surface area (Å²) in [7, 11) is 2.24. The molecule has 0 aliphatic rings. The summed E-state index contributed by atoms with van der Waals surface area (Å²) in [6.45, 7) is 30.9. The molecule has 226 valence electrons. The largest absolute Gasteiger partial charge is 0.348 e. The van der Waals surface area contributed by atoms with E-state index in [9.17, 15) is 0 Å². The summed E-state index contributed by atoms with van der Waals surface area (Å²) in [5.41, 5.74) is 0. The van der Waals surface area contributed by atoms with Gasteiger partial charge < -0.3 is 14.7 Å². The predicted octanol–water partition coefficient (Wildman–Crippen LogP) is 5.42. The first-order chi connectivity index (χ1) is 18.5. The first kappa shape index (κ1) is 36.5. The third-order valence-electron chi connectivity index (χ3n) is 6.62. The summed E-state index contributed by atoms with van der Waals surface area (Å²) in [6, 6.07) is 0. The highest BCUT2D eigenvalue weighted by molar-refractivity contribution is 5.80. The Morgan fingerprint density at radius 3 is 1.37 bits per heavy atom. The molecule has 0 atom stereocenters. The summed E-state index contributed by atoms with van der Waals surface area (Å²) >= 11 is 0. The topological polar surface area (TPSA) is 40.4 Å². The molecule has 0 amide bonds. The fourth-order valence-corrected chi connectivity index (χ4v) is 5.04. The molecule has 0 fully saturated rings. The van der Waals surface area contributed by atoms with Crippen LogP contribution in [0, 0.1) is 0 Å². The maximum atomic E-state index is 5.22. The van der Waals surface area contributed by atoms with E-state index in [0.29, 0.717) is 0 Å². The Labute approximate surface area is 238 Å². The van der Waals surface area contributed by atoms with Gasteiger partial charge in [0.15, 0.2) is 5.96 Å². The Balaban J connectivity index is 5.40. The number of likely N-dealkylation sites (N-methyl/N-ethyl adjacent to an activating group) is 1. The zero-order valence-corrected chi connectivity index (χ0v) is 27.3. The molecule has 0 aromatic carbocycles. The van der Waals surface area contributed by atoms with Gasteiger partial charge in [-0.3, -0.25) is 19.8 Å². The number of nitrogens with one attached hydrogen (secondary N) is 1. The summed E-state index contributed by atoms with van der Waals surface area (Å²) in [4.78, 5) is 15.3. The molecule has 0 aromatic rings. The Morgan fingerprint density at radius 1 is 0.553 bits per heavy atom. The molecule has 0 rings (SSSR count). The average Bonchev–Trinajstić information content (AvgIpc) is 2.89. The smallest absolute Gasteiger partial charge is 0.343 e. The fourth-order valence-electron chi connectivity index (χ4n) is 5.04. The van der Waals surface area contributed by atoms with Crippen molar-refractivity contribution in [2.45, 2.75) is 107 Å². The van der Waals surface area contributed by atoms with Crippen molar-refractivity contribution in [2.75, 3.05) is 85.6 Å². The van der Waals surface area contributed by atoms with Crippen LogP contribution in [0.5, 0.6) is 0 Å². The second kappa shape index (κ2) is 24.5. The van der Waals surface area contributed by atoms with Crippen LogP contribution in [0.25, 0.3) is 0 Å². The summed E-state index contributed by atoms with van der Waals surface area (Å²) in [6.07, 6.45) is 9.36. The van der Waals surface area contributed by atoms with Crippen LogP contribution >= 0.6 is 0 Å². The van der Waals surface area contributed by atoms with Crippen molar-refractivity contribution in [3.8, 4) is 0 Å². The van der Waals surface area contributed by atoms with E-state index in [1.165, 1.54) is 37.6 Å². The van der Waals surface area contributed by atoms with Gasteiger partial charge in [0.2, 0.25) is 0 Å². The van der Waals surface area contributed by atoms with Crippen molar-refractivity contribution < 1.29 is 4.58 Å². The minimum absolute atomic E-state index is 0.853. The molecule has 7 nitrogen and oxygen atoms in total. The van der Waals surface area contributed by atoms with Crippen LogP contribution in [0.3, 0.4) is 0 Å². The quantitative estimate of drug-likeness (QED) is 0.113. The van der Waals surface area contributed by atoms with Crippen molar-refractivity contribution in [1.82, 2.24) is 24.9 Å². The van der Waals surface area contributed by atoms with Gasteiger partial charge >= 0.3 is 5.96 Å². The summed E-state index contributed by atoms with van der Waals surface area (Å²) < 4.78 is 2.58. The second-order valence-corrected chi connectivity index (χ2v) is 10.7. The lowest BCUT2D eigenvalue weighted by atomic mass is 10.3. The van der Waals surface area contributed by atoms with Gasteiger partial charge in [-0.1, -0.05) is 55.4 Å². The van der Waals surface area contributed by atoms with Crippen LogP contribution in [-0.2, 0) is 0 Å². The molecule has 7 heteroatoms. The molecule has 0 aliphatic heterocycles. The normalized spacial score (nSPS) is 11.0. The van der Waals surface area contributed by atoms with Crippen molar-refractivity contribution >= 4 is 11.9 Å². The number of guanidine groups is 2. The lowest BCUT2D eigenvalue weighted by molar-refractivity contribution is -0.535. The van der Waals surface area contributed by atoms with Crippen LogP contribution in [-0.4, -0.2) is 122 Å². The fraction of sp³-hybridized carbons (Fsp3) is 0.935. The molecular weight excluding hydrogens is 470 g/mol. The molecular formula is C31H68N7+. The molecule has 0 bridgehead atoms. The molecule has 0 heterocycles. The highest BCUT2D eigenvalue weighted by atomic mass is 15.4. The van der Waals surface area contributed by atoms with Crippen LogP contribution in [0.2, 0.25) is 0 Å². The number of hydrogen-bond donors (Lipinski definition) is 1. The molecule has 0 saturated carbocycles. The third kappa shape index (κ3) is 15.2. The molecule has 0 aliphatic carbocycles. The van der Waals surface area contributed by atoms with E-state index in [0.717, 1.165) is 104 Å². The SMILES string of the molecule is CCCN(CCC)C(=NCCN(C)CCNC(N(CCC)CCC)=[N+](CCC)CCC)N(CCC)CCC. The summed E-state index contributed by atoms with van der Waals surface area (Å²) in [5, 5.41) is 3.87. The third-order valence-corrected chi connectivity index (χ3v) is 6.62. The van der Waals surface area contributed by atoms with Crippen molar-refractivity contribution in [1.29, 1.82) is 0 Å². The Hall–Kier alpha value is -1.50. The average molecular weight is 539 g/mol. The van der Waals surface area contributed by atoms with E-state index >= 15 is 0 Å². The first-order valence-electron chi connectivity index (χ1n) is 16.3. The number of nitrogens with zero attached hydrogens (tertiary/aromatic N) is 6. The van der Waals surface area contributed by atoms with Gasteiger partial charge in [-0.2, -0.15) is 0 Å². The zero-order valence-electron chi connectivity index (χ0n) is 27.3. The predicted molar refractivity (Wildman–Crippen MR) is 170 cm³/mol. The van der Waals surface area contributed by atoms with Gasteiger partial charge in [0.05, 0.1) is 39.3 Å². The van der Waals surface area contributed by atoms with E-state index < -0.39 is 0 Å². The number of hydrogen-bond acceptors (Lipinski definition) is 2. The molecule has 38 heavy (non-hydrogen) atoms. The molecule has 0 aromatic heterocycles. The molecule has 0 radical (unpaired) electrons. The van der Waals surface area contributed by atoms with Crippen molar-refractivity contribution in [3.63, 3.8) is 0 Å². The van der Waals surface area contributed by atoms with E-state index in [2.05, 4.69) is 91.9 Å². The monoisotopic (exact) mass is 539 g/mol. The van der Waals surface area contributed by atoms with Crippen LogP contribution in [0.15, 0.2) is 4.99 Å². The molecule has 0 spiro atoms. The van der Waals surface area contributed by atoms with Gasteiger partial charge in [-0.05, 0) is 58.4 Å². The second-order valence-electron chi connectivity index (χ2n) is 10.7. The maximum absolute atomic E-state index is 5.22. The van der Waals surface area contributed by atoms with Crippen molar-refractivity contribution in [2.24, 2.45) is 4.99 Å². The highest BCUT2D eigenvalue weighted by Crippen LogP contribution is 2.06. The highest BCUT2D eigenvalue weighted by Gasteiger charge is 2.21. The zero-order chi connectivity index (χ0) is 28.6. The van der Waals surface area contributed by atoms with Gasteiger partial charge in [0, 0.05) is 39.3 Å². The molecule has 0 unspecified atom stereocenters. The van der Waals surface area contributed by atoms with Crippen molar-refractivity contribution in [3.05, 3.63) is 0 Å². The maximum Gasteiger partial charge on any atom is 0.348 e. The first-order valence-corrected chi connectivity index (χ1v) is 16.3. The van der Waals surface area contributed by atoms with Crippen LogP contribution in [0.1, 0.15) is 107 Å². The van der Waals surface area contributed by atoms with Gasteiger partial charge in [0.25, 0.3) is 0 Å². The van der Waals surface area contributed by atoms with E-state index in [-0.39, 0.29) is 0 Å². The van der Waals surface area contributed by atoms with Gasteiger partial charge in [0.1, 0.15) is 0 Å². The van der Waals surface area contributed by atoms with E-state index in [1.807, 2.05) is 0 Å². The van der Waals surface area contributed by atoms with E-state index in [4.69, 9.17) is 4.99 Å². The Bertz CT molecular complexity index is 561. The minimum atomic E-state index is 0.853. The molecule has 0 saturated heterocycles. The minimum Gasteiger partial charge on any atom is -0.343 e. The lowest BCUT2D eigenvalue weighted by Gasteiger charge is -2.34. The number of rotatable bonds is 22. The van der Waals surface area contributed by atoms with Crippen LogP contribution in [0.4, 0.5) is 0 Å².